The number of aryl methyl sites for hydroxylation is 3. The molecule has 0 bridgehead atoms. The number of nitrogens with one attached hydrogen (secondary N) is 1. The number of benzene rings is 4. The van der Waals surface area contributed by atoms with E-state index in [9.17, 15) is 35.5 Å². The zero-order valence-corrected chi connectivity index (χ0v) is 31.0. The monoisotopic (exact) mass is 676 g/mol. The predicted molar refractivity (Wildman–Crippen MR) is 160 cm³/mol. The van der Waals surface area contributed by atoms with E-state index in [0.29, 0.717) is 27.6 Å². The summed E-state index contributed by atoms with van der Waals surface area (Å²) in [6.45, 7) is 3.07. The van der Waals surface area contributed by atoms with Crippen molar-refractivity contribution in [3.8, 4) is 22.6 Å². The molecule has 0 aliphatic heterocycles. The van der Waals surface area contributed by atoms with Crippen LogP contribution in [0.4, 0.5) is 11.4 Å². The standard InChI is InChI=1S/C31H24N2O9S2.2Na/c1-16-8-11-22(26(12-16)44(39,40)41)32-23-15-24(42-18-10-9-17(2)25(13-18)43(36,37)38)30-28-21(14-27(34)33(30)3)19-6-4-5-7-20(19)31(35)29(23)28;;/h4-15,32H,1-3H3,(H,36,37,38)(H,39,40,41);;/q;2*+1/p-2. The van der Waals surface area contributed by atoms with Crippen LogP contribution in [0, 0.1) is 13.8 Å². The summed E-state index contributed by atoms with van der Waals surface area (Å²) in [5.74, 6) is -0.499. The Hall–Kier alpha value is -2.82. The number of carbonyl (C=O) groups is 1. The topological polar surface area (TPSA) is 175 Å². The van der Waals surface area contributed by atoms with E-state index in [1.54, 1.807) is 37.3 Å². The van der Waals surface area contributed by atoms with Crippen LogP contribution in [-0.4, -0.2) is 36.3 Å². The van der Waals surface area contributed by atoms with E-state index < -0.39 is 41.4 Å². The molecule has 1 aliphatic carbocycles. The number of rotatable bonds is 6. The van der Waals surface area contributed by atoms with Crippen molar-refractivity contribution in [2.45, 2.75) is 23.6 Å². The minimum atomic E-state index is -4.95. The van der Waals surface area contributed by atoms with Crippen LogP contribution in [0.2, 0.25) is 0 Å². The van der Waals surface area contributed by atoms with Gasteiger partial charge in [-0.2, -0.15) is 0 Å². The first-order chi connectivity index (χ1) is 20.6. The Kier molecular flexibility index (Phi) is 10.2. The molecule has 0 fully saturated rings. The summed E-state index contributed by atoms with van der Waals surface area (Å²) in [6.07, 6.45) is 0. The van der Waals surface area contributed by atoms with Gasteiger partial charge in [-0.05, 0) is 60.4 Å². The molecule has 0 unspecified atom stereocenters. The van der Waals surface area contributed by atoms with Crippen molar-refractivity contribution in [3.05, 3.63) is 105 Å². The first kappa shape index (κ1) is 36.0. The largest absolute Gasteiger partial charge is 1.00 e. The molecule has 11 nitrogen and oxygen atoms in total. The van der Waals surface area contributed by atoms with Crippen molar-refractivity contribution >= 4 is 48.3 Å². The fourth-order valence-corrected chi connectivity index (χ4v) is 6.89. The van der Waals surface area contributed by atoms with Crippen molar-refractivity contribution in [1.29, 1.82) is 0 Å². The molecule has 6 rings (SSSR count). The van der Waals surface area contributed by atoms with Crippen LogP contribution in [-0.2, 0) is 27.3 Å². The van der Waals surface area contributed by atoms with Crippen molar-refractivity contribution in [1.82, 2.24) is 4.57 Å². The summed E-state index contributed by atoms with van der Waals surface area (Å²) in [5, 5.41) is 3.24. The third-order valence-electron chi connectivity index (χ3n) is 7.49. The van der Waals surface area contributed by atoms with Crippen molar-refractivity contribution in [2.75, 3.05) is 5.32 Å². The number of ether oxygens (including phenoxy) is 1. The van der Waals surface area contributed by atoms with Crippen LogP contribution in [0.15, 0.2) is 87.4 Å². The van der Waals surface area contributed by atoms with Crippen LogP contribution in [0.5, 0.6) is 11.5 Å². The Morgan fingerprint density at radius 2 is 1.39 bits per heavy atom. The molecule has 5 aromatic rings. The molecule has 0 saturated carbocycles. The average Bonchev–Trinajstić information content (AvgIpc) is 2.95. The molecule has 0 saturated heterocycles. The zero-order chi connectivity index (χ0) is 31.7. The van der Waals surface area contributed by atoms with Crippen LogP contribution < -0.4 is 74.7 Å². The zero-order valence-electron chi connectivity index (χ0n) is 25.4. The van der Waals surface area contributed by atoms with Gasteiger partial charge in [0.2, 0.25) is 0 Å². The van der Waals surface area contributed by atoms with Crippen molar-refractivity contribution in [3.63, 3.8) is 0 Å². The average molecular weight is 677 g/mol. The van der Waals surface area contributed by atoms with Crippen molar-refractivity contribution in [2.24, 2.45) is 7.05 Å². The Morgan fingerprint density at radius 3 is 2.04 bits per heavy atom. The van der Waals surface area contributed by atoms with Gasteiger partial charge in [0.15, 0.2) is 11.5 Å². The van der Waals surface area contributed by atoms with Crippen LogP contribution in [0.25, 0.3) is 22.0 Å². The van der Waals surface area contributed by atoms with E-state index in [1.807, 2.05) is 0 Å². The molecule has 4 aromatic carbocycles. The molecule has 1 aliphatic rings. The summed E-state index contributed by atoms with van der Waals surface area (Å²) in [7, 11) is -8.33. The van der Waals surface area contributed by atoms with Gasteiger partial charge in [-0.25, -0.2) is 16.8 Å². The molecular formula is C31H22N2Na2O9S2. The second-order valence-electron chi connectivity index (χ2n) is 10.4. The summed E-state index contributed by atoms with van der Waals surface area (Å²) < 4.78 is 79.6. The summed E-state index contributed by atoms with van der Waals surface area (Å²) in [5.41, 5.74) is 1.73. The summed E-state index contributed by atoms with van der Waals surface area (Å²) in [6, 6.07) is 17.5. The predicted octanol–water partition coefficient (Wildman–Crippen LogP) is -1.28. The normalized spacial score (nSPS) is 12.2. The van der Waals surface area contributed by atoms with Gasteiger partial charge in [0.25, 0.3) is 5.56 Å². The van der Waals surface area contributed by atoms with E-state index in [1.165, 1.54) is 54.9 Å². The maximum atomic E-state index is 14.1. The van der Waals surface area contributed by atoms with E-state index in [0.717, 1.165) is 6.07 Å². The number of carbonyl (C=O) groups excluding carboxylic acids is 1. The fraction of sp³-hybridized carbons (Fsp3) is 0.0968. The van der Waals surface area contributed by atoms with Crippen LogP contribution in [0.3, 0.4) is 0 Å². The number of hydrogen-bond acceptors (Lipinski definition) is 10. The first-order valence-corrected chi connectivity index (χ1v) is 15.9. The maximum absolute atomic E-state index is 14.1. The Balaban J connectivity index is 0.00000240. The van der Waals surface area contributed by atoms with Crippen LogP contribution in [0.1, 0.15) is 27.0 Å². The smallest absolute Gasteiger partial charge is 0.744 e. The Morgan fingerprint density at radius 1 is 0.739 bits per heavy atom. The third kappa shape index (κ3) is 6.37. The van der Waals surface area contributed by atoms with Gasteiger partial charge in [-0.15, -0.1) is 0 Å². The van der Waals surface area contributed by atoms with Gasteiger partial charge in [0.1, 0.15) is 26.0 Å². The van der Waals surface area contributed by atoms with Crippen molar-refractivity contribution < 1.29 is 94.6 Å². The van der Waals surface area contributed by atoms with Gasteiger partial charge in [-0.1, -0.05) is 36.4 Å². The molecule has 1 aromatic heterocycles. The number of fused-ring (bicyclic) bond motifs is 2. The minimum absolute atomic E-state index is 0. The van der Waals surface area contributed by atoms with E-state index in [2.05, 4.69) is 5.32 Å². The molecule has 15 heteroatoms. The molecule has 0 spiro atoms. The molecule has 0 amide bonds. The number of anilines is 2. The number of nitrogens with zero attached hydrogens (tertiary/aromatic N) is 1. The van der Waals surface area contributed by atoms with Gasteiger partial charge in [0, 0.05) is 30.1 Å². The SMILES string of the molecule is Cc1ccc(Nc2cc(Oc3ccc(C)c(S(=O)(=O)[O-])c3)c3c4c(cc(=O)n3C)-c3ccccc3C(=O)c24)c(S(=O)(=O)[O-])c1.[Na+].[Na+]. The summed E-state index contributed by atoms with van der Waals surface area (Å²) in [4.78, 5) is 26.2. The number of ketones is 1. The third-order valence-corrected chi connectivity index (χ3v) is 9.34. The summed E-state index contributed by atoms with van der Waals surface area (Å²) >= 11 is 0. The molecule has 1 N–H and O–H groups in total. The molecule has 46 heavy (non-hydrogen) atoms. The maximum Gasteiger partial charge on any atom is 1.00 e. The molecule has 224 valence electrons. The van der Waals surface area contributed by atoms with Gasteiger partial charge in [-0.3, -0.25) is 9.59 Å². The number of pyridine rings is 1. The molecular weight excluding hydrogens is 654 g/mol. The van der Waals surface area contributed by atoms with E-state index in [-0.39, 0.29) is 98.6 Å². The quantitative estimate of drug-likeness (QED) is 0.165. The van der Waals surface area contributed by atoms with Gasteiger partial charge >= 0.3 is 59.1 Å². The number of hydrogen-bond donors (Lipinski definition) is 1. The van der Waals surface area contributed by atoms with E-state index >= 15 is 0 Å². The van der Waals surface area contributed by atoms with Gasteiger partial charge < -0.3 is 23.7 Å². The molecule has 1 heterocycles. The van der Waals surface area contributed by atoms with Crippen LogP contribution >= 0.6 is 0 Å². The molecule has 0 atom stereocenters. The second kappa shape index (κ2) is 13.0. The number of aromatic nitrogens is 1. The van der Waals surface area contributed by atoms with E-state index in [4.69, 9.17) is 4.74 Å². The minimum Gasteiger partial charge on any atom is -0.744 e. The Labute approximate surface area is 308 Å². The Bertz CT molecular complexity index is 2370. The molecule has 0 radical (unpaired) electrons. The fourth-order valence-electron chi connectivity index (χ4n) is 5.45. The first-order valence-electron chi connectivity index (χ1n) is 13.1. The second-order valence-corrected chi connectivity index (χ2v) is 13.1. The van der Waals surface area contributed by atoms with Gasteiger partial charge in [0.05, 0.1) is 32.2 Å².